The molecule has 1 aliphatic heterocycles. The molecule has 0 radical (unpaired) electrons. The topological polar surface area (TPSA) is 95.9 Å². The summed E-state index contributed by atoms with van der Waals surface area (Å²) in [5.41, 5.74) is -1.22. The predicted octanol–water partition coefficient (Wildman–Crippen LogP) is 0.791. The number of hydrogen-bond donors (Lipinski definition) is 3. The first-order valence-electron chi connectivity index (χ1n) is 7.84. The van der Waals surface area contributed by atoms with E-state index in [-0.39, 0.29) is 18.3 Å². The van der Waals surface area contributed by atoms with Crippen LogP contribution in [-0.2, 0) is 14.3 Å². The van der Waals surface area contributed by atoms with Gasteiger partial charge in [0.15, 0.2) is 0 Å². The van der Waals surface area contributed by atoms with E-state index in [0.717, 1.165) is 6.42 Å². The van der Waals surface area contributed by atoms with E-state index in [1.165, 1.54) is 0 Å². The van der Waals surface area contributed by atoms with Gasteiger partial charge in [-0.15, -0.1) is 23.2 Å². The summed E-state index contributed by atoms with van der Waals surface area (Å²) in [6, 6.07) is -0.810. The van der Waals surface area contributed by atoms with Crippen LogP contribution in [0.5, 0.6) is 0 Å². The number of ether oxygens (including phenoxy) is 1. The first-order valence-corrected chi connectivity index (χ1v) is 8.82. The molecule has 8 heteroatoms. The highest BCUT2D eigenvalue weighted by molar-refractivity contribution is 6.21. The number of aliphatic hydroxyl groups excluding tert-OH is 2. The first-order chi connectivity index (χ1) is 10.9. The number of alkyl halides is 2. The lowest BCUT2D eigenvalue weighted by molar-refractivity contribution is -0.154. The number of hydrogen-bond acceptors (Lipinski definition) is 5. The lowest BCUT2D eigenvalue weighted by Gasteiger charge is -2.41. The SMILES string of the molecule is C[C@@]1(OC=O)[C@@H]([C@@H](O)[C@H]2CCCC(Cl)C2O)NC(=O)[C@@H]1CCCl. The lowest BCUT2D eigenvalue weighted by atomic mass is 9.74. The van der Waals surface area contributed by atoms with Gasteiger partial charge in [-0.05, 0) is 26.2 Å². The van der Waals surface area contributed by atoms with Crippen LogP contribution < -0.4 is 5.32 Å². The zero-order chi connectivity index (χ0) is 17.2. The highest BCUT2D eigenvalue weighted by Crippen LogP contribution is 2.40. The average molecular weight is 368 g/mol. The number of aliphatic hydroxyl groups is 2. The highest BCUT2D eigenvalue weighted by atomic mass is 35.5. The van der Waals surface area contributed by atoms with Crippen molar-refractivity contribution >= 4 is 35.6 Å². The molecule has 1 heterocycles. The van der Waals surface area contributed by atoms with Crippen molar-refractivity contribution in [2.75, 3.05) is 5.88 Å². The van der Waals surface area contributed by atoms with Crippen LogP contribution in [0.1, 0.15) is 32.6 Å². The molecule has 2 rings (SSSR count). The van der Waals surface area contributed by atoms with Gasteiger partial charge in [0.1, 0.15) is 5.60 Å². The number of halogens is 2. The van der Waals surface area contributed by atoms with Crippen LogP contribution in [0, 0.1) is 11.8 Å². The van der Waals surface area contributed by atoms with E-state index >= 15 is 0 Å². The molecule has 0 aromatic rings. The third kappa shape index (κ3) is 3.45. The van der Waals surface area contributed by atoms with Crippen LogP contribution in [0.3, 0.4) is 0 Å². The summed E-state index contributed by atoms with van der Waals surface area (Å²) in [5.74, 6) is -1.21. The van der Waals surface area contributed by atoms with Gasteiger partial charge in [0.25, 0.3) is 6.47 Å². The Balaban J connectivity index is 2.25. The minimum Gasteiger partial charge on any atom is -0.458 e. The van der Waals surface area contributed by atoms with Crippen molar-refractivity contribution in [3.05, 3.63) is 0 Å². The molecule has 2 fully saturated rings. The van der Waals surface area contributed by atoms with Gasteiger partial charge in [-0.2, -0.15) is 0 Å². The number of rotatable bonds is 6. The van der Waals surface area contributed by atoms with E-state index < -0.39 is 41.1 Å². The van der Waals surface area contributed by atoms with Crippen molar-refractivity contribution in [3.63, 3.8) is 0 Å². The minimum atomic E-state index is -1.22. The molecule has 2 unspecified atom stereocenters. The second kappa shape index (κ2) is 7.55. The van der Waals surface area contributed by atoms with Gasteiger partial charge in [0.05, 0.1) is 29.5 Å². The summed E-state index contributed by atoms with van der Waals surface area (Å²) >= 11 is 11.8. The Hall–Kier alpha value is -0.560. The molecule has 132 valence electrons. The maximum Gasteiger partial charge on any atom is 0.293 e. The summed E-state index contributed by atoms with van der Waals surface area (Å²) in [4.78, 5) is 23.2. The second-order valence-corrected chi connectivity index (χ2v) is 7.44. The molecular weight excluding hydrogens is 345 g/mol. The Kier molecular flexibility index (Phi) is 6.16. The van der Waals surface area contributed by atoms with Crippen molar-refractivity contribution in [2.45, 2.75) is 61.8 Å². The number of amides is 1. The monoisotopic (exact) mass is 367 g/mol. The van der Waals surface area contributed by atoms with Crippen LogP contribution >= 0.6 is 23.2 Å². The van der Waals surface area contributed by atoms with E-state index in [9.17, 15) is 19.8 Å². The number of carbonyl (C=O) groups is 2. The molecule has 23 heavy (non-hydrogen) atoms. The summed E-state index contributed by atoms with van der Waals surface area (Å²) in [6.07, 6.45) is 0.441. The standard InChI is InChI=1S/C15H23Cl2NO5/c1-15(23-7-19)9(5-6-16)14(22)18-13(15)12(21)8-3-2-4-10(17)11(8)20/h7-13,20-21H,2-6H2,1H3,(H,18,22)/t8-,9-,10?,11?,12-,13+,15-/m0/s1. The fourth-order valence-electron chi connectivity index (χ4n) is 3.86. The zero-order valence-electron chi connectivity index (χ0n) is 13.0. The highest BCUT2D eigenvalue weighted by Gasteiger charge is 2.58. The maximum atomic E-state index is 12.2. The number of carbonyl (C=O) groups excluding carboxylic acids is 2. The largest absolute Gasteiger partial charge is 0.458 e. The normalized spacial score (nSPS) is 42.1. The van der Waals surface area contributed by atoms with Crippen LogP contribution in [0.4, 0.5) is 0 Å². The van der Waals surface area contributed by atoms with E-state index in [2.05, 4.69) is 5.32 Å². The third-order valence-corrected chi connectivity index (χ3v) is 5.92. The molecule has 1 saturated heterocycles. The van der Waals surface area contributed by atoms with Crippen LogP contribution in [0.2, 0.25) is 0 Å². The van der Waals surface area contributed by atoms with Crippen molar-refractivity contribution in [1.82, 2.24) is 5.32 Å². The van der Waals surface area contributed by atoms with E-state index in [0.29, 0.717) is 19.3 Å². The molecule has 3 N–H and O–H groups in total. The molecule has 1 amide bonds. The van der Waals surface area contributed by atoms with Crippen molar-refractivity contribution in [1.29, 1.82) is 0 Å². The smallest absolute Gasteiger partial charge is 0.293 e. The van der Waals surface area contributed by atoms with Gasteiger partial charge < -0.3 is 20.3 Å². The summed E-state index contributed by atoms with van der Waals surface area (Å²) in [5, 5.41) is 23.3. The molecule has 0 spiro atoms. The van der Waals surface area contributed by atoms with Crippen LogP contribution in [0.25, 0.3) is 0 Å². The second-order valence-electron chi connectivity index (χ2n) is 6.51. The van der Waals surface area contributed by atoms with Crippen molar-refractivity contribution in [3.8, 4) is 0 Å². The summed E-state index contributed by atoms with van der Waals surface area (Å²) in [6.45, 7) is 1.89. The first kappa shape index (κ1) is 18.8. The van der Waals surface area contributed by atoms with Gasteiger partial charge >= 0.3 is 0 Å². The van der Waals surface area contributed by atoms with E-state index in [4.69, 9.17) is 27.9 Å². The van der Waals surface area contributed by atoms with Gasteiger partial charge in [0, 0.05) is 11.8 Å². The minimum absolute atomic E-state index is 0.231. The Morgan fingerprint density at radius 3 is 2.83 bits per heavy atom. The third-order valence-electron chi connectivity index (χ3n) is 5.23. The molecular formula is C15H23Cl2NO5. The molecule has 6 nitrogen and oxygen atoms in total. The van der Waals surface area contributed by atoms with Crippen molar-refractivity contribution < 1.29 is 24.5 Å². The zero-order valence-corrected chi connectivity index (χ0v) is 14.5. The van der Waals surface area contributed by atoms with Crippen LogP contribution in [0.15, 0.2) is 0 Å². The lowest BCUT2D eigenvalue weighted by Crippen LogP contribution is -2.57. The Morgan fingerprint density at radius 2 is 2.22 bits per heavy atom. The molecule has 0 bridgehead atoms. The Morgan fingerprint density at radius 1 is 1.52 bits per heavy atom. The van der Waals surface area contributed by atoms with Gasteiger partial charge in [0.2, 0.25) is 5.91 Å². The summed E-state index contributed by atoms with van der Waals surface area (Å²) < 4.78 is 5.22. The molecule has 0 aromatic carbocycles. The van der Waals surface area contributed by atoms with Gasteiger partial charge in [-0.1, -0.05) is 6.42 Å². The summed E-state index contributed by atoms with van der Waals surface area (Å²) in [7, 11) is 0. The van der Waals surface area contributed by atoms with Gasteiger partial charge in [-0.25, -0.2) is 0 Å². The fraction of sp³-hybridized carbons (Fsp3) is 0.867. The van der Waals surface area contributed by atoms with Crippen LogP contribution in [-0.4, -0.2) is 57.7 Å². The quantitative estimate of drug-likeness (QED) is 0.476. The van der Waals surface area contributed by atoms with E-state index in [1.807, 2.05) is 0 Å². The Bertz CT molecular complexity index is 452. The molecule has 1 saturated carbocycles. The average Bonchev–Trinajstić information content (AvgIpc) is 2.75. The van der Waals surface area contributed by atoms with Crippen molar-refractivity contribution in [2.24, 2.45) is 11.8 Å². The molecule has 2 aliphatic rings. The molecule has 0 aromatic heterocycles. The molecule has 7 atom stereocenters. The molecule has 1 aliphatic carbocycles. The number of nitrogens with one attached hydrogen (secondary N) is 1. The Labute approximate surface area is 145 Å². The fourth-order valence-corrected chi connectivity index (χ4v) is 4.42. The predicted molar refractivity (Wildman–Crippen MR) is 85.3 cm³/mol. The van der Waals surface area contributed by atoms with E-state index in [1.54, 1.807) is 6.92 Å². The van der Waals surface area contributed by atoms with Gasteiger partial charge in [-0.3, -0.25) is 9.59 Å². The maximum absolute atomic E-state index is 12.2.